The van der Waals surface area contributed by atoms with Crippen LogP contribution in [0.2, 0.25) is 0 Å². The topological polar surface area (TPSA) is 191 Å². The number of carbonyl (C=O) groups excluding carboxylic acids is 6. The Balaban J connectivity index is 2.17. The average Bonchev–Trinajstić information content (AvgIpc) is 3.65. The summed E-state index contributed by atoms with van der Waals surface area (Å²) in [6.45, 7) is 13.8. The van der Waals surface area contributed by atoms with Crippen molar-refractivity contribution in [3.8, 4) is 0 Å². The molecule has 2 saturated carbocycles. The highest BCUT2D eigenvalue weighted by Gasteiger charge is 2.77. The lowest BCUT2D eigenvalue weighted by Crippen LogP contribution is -2.76. The van der Waals surface area contributed by atoms with Gasteiger partial charge in [-0.15, -0.1) is 11.6 Å². The minimum atomic E-state index is -2.47. The van der Waals surface area contributed by atoms with E-state index in [1.165, 1.54) is 20.8 Å². The zero-order chi connectivity index (χ0) is 34.0. The number of esters is 6. The quantitative estimate of drug-likeness (QED) is 0.146. The Labute approximate surface area is 264 Å². The van der Waals surface area contributed by atoms with Crippen molar-refractivity contribution in [2.24, 2.45) is 17.3 Å². The van der Waals surface area contributed by atoms with Gasteiger partial charge in [0.15, 0.2) is 17.3 Å². The molecule has 0 aromatic carbocycles. The molecule has 250 valence electrons. The number of epoxide rings is 1. The van der Waals surface area contributed by atoms with Gasteiger partial charge in [-0.05, 0) is 19.4 Å². The van der Waals surface area contributed by atoms with E-state index in [9.17, 15) is 33.9 Å². The monoisotopic (exact) mass is 658 g/mol. The van der Waals surface area contributed by atoms with E-state index >= 15 is 0 Å². The van der Waals surface area contributed by atoms with E-state index in [0.29, 0.717) is 0 Å². The summed E-state index contributed by atoms with van der Waals surface area (Å²) in [6.07, 6.45) is -9.64. The molecule has 0 aromatic rings. The van der Waals surface area contributed by atoms with E-state index in [-0.39, 0.29) is 12.0 Å². The standard InChI is InChI=1S/C30H39ClO14/c1-11-20(31)24-30(38,12(2)27(37)44-24)26(42-16(6)35)23-28(8,25(41-15(5)34)22-21(11)43-22)18(39-13(3)32)10-19(40-14(4)33)29(23,9)45-17(7)36/h12,18-26,38H,1,10H2,2-9H3/t12-,18-,19+,20-,21+,22+,23+,24-,25-,26-,28-,29+,30-/m0/s1. The molecule has 0 aromatic heterocycles. The van der Waals surface area contributed by atoms with Gasteiger partial charge in [-0.2, -0.15) is 0 Å². The molecule has 4 rings (SSSR count). The zero-order valence-electron chi connectivity index (χ0n) is 26.3. The molecule has 1 N–H and O–H groups in total. The van der Waals surface area contributed by atoms with Gasteiger partial charge < -0.3 is 38.3 Å². The van der Waals surface area contributed by atoms with Gasteiger partial charge in [0.25, 0.3) is 0 Å². The van der Waals surface area contributed by atoms with Crippen molar-refractivity contribution < 1.29 is 67.0 Å². The molecule has 0 unspecified atom stereocenters. The van der Waals surface area contributed by atoms with Crippen molar-refractivity contribution in [1.82, 2.24) is 0 Å². The number of aliphatic hydroxyl groups is 1. The first-order valence-corrected chi connectivity index (χ1v) is 14.9. The fourth-order valence-electron chi connectivity index (χ4n) is 7.67. The lowest BCUT2D eigenvalue weighted by atomic mass is 9.50. The molecule has 14 nitrogen and oxygen atoms in total. The molecule has 13 atom stereocenters. The maximum absolute atomic E-state index is 13.2. The maximum atomic E-state index is 13.2. The number of halogens is 1. The van der Waals surface area contributed by atoms with Crippen molar-refractivity contribution in [3.05, 3.63) is 12.2 Å². The minimum Gasteiger partial charge on any atom is -0.462 e. The predicted molar refractivity (Wildman–Crippen MR) is 150 cm³/mol. The van der Waals surface area contributed by atoms with Crippen molar-refractivity contribution in [2.45, 2.75) is 121 Å². The van der Waals surface area contributed by atoms with E-state index in [2.05, 4.69) is 6.58 Å². The van der Waals surface area contributed by atoms with Gasteiger partial charge in [-0.25, -0.2) is 0 Å². The molecule has 0 spiro atoms. The van der Waals surface area contributed by atoms with Crippen LogP contribution >= 0.6 is 11.6 Å². The third kappa shape index (κ3) is 5.69. The first-order chi connectivity index (χ1) is 20.7. The van der Waals surface area contributed by atoms with Crippen LogP contribution in [0.1, 0.15) is 61.8 Å². The molecule has 45 heavy (non-hydrogen) atoms. The third-order valence-corrected chi connectivity index (χ3v) is 10.1. The molecular formula is C30H39ClO14. The number of hydrogen-bond donors (Lipinski definition) is 1. The predicted octanol–water partition coefficient (Wildman–Crippen LogP) is 1.30. The zero-order valence-corrected chi connectivity index (χ0v) is 27.1. The summed E-state index contributed by atoms with van der Waals surface area (Å²) in [6, 6.07) is 0. The summed E-state index contributed by atoms with van der Waals surface area (Å²) in [5.41, 5.74) is -6.06. The summed E-state index contributed by atoms with van der Waals surface area (Å²) in [4.78, 5) is 76.6. The minimum absolute atomic E-state index is 0.174. The van der Waals surface area contributed by atoms with E-state index in [1.807, 2.05) is 0 Å². The van der Waals surface area contributed by atoms with Crippen LogP contribution in [0.15, 0.2) is 12.2 Å². The second-order valence-corrected chi connectivity index (χ2v) is 13.0. The Morgan fingerprint density at radius 2 is 1.38 bits per heavy atom. The molecule has 2 aliphatic carbocycles. The molecule has 15 heteroatoms. The van der Waals surface area contributed by atoms with Crippen molar-refractivity contribution in [1.29, 1.82) is 0 Å². The number of ether oxygens (including phenoxy) is 7. The van der Waals surface area contributed by atoms with Crippen molar-refractivity contribution in [3.63, 3.8) is 0 Å². The summed E-state index contributed by atoms with van der Waals surface area (Å²) >= 11 is 6.84. The van der Waals surface area contributed by atoms with Crippen LogP contribution in [0.4, 0.5) is 0 Å². The number of fused-ring (bicyclic) bond motifs is 3. The molecule has 4 aliphatic rings. The summed E-state index contributed by atoms with van der Waals surface area (Å²) in [5, 5.41) is 11.4. The first-order valence-electron chi connectivity index (χ1n) is 14.5. The van der Waals surface area contributed by atoms with Crippen LogP contribution in [0.3, 0.4) is 0 Å². The molecule has 0 radical (unpaired) electrons. The van der Waals surface area contributed by atoms with E-state index in [0.717, 1.165) is 34.6 Å². The molecule has 0 bridgehead atoms. The van der Waals surface area contributed by atoms with E-state index in [1.54, 1.807) is 0 Å². The average molecular weight is 659 g/mol. The van der Waals surface area contributed by atoms with E-state index < -0.39 is 112 Å². The number of rotatable bonds is 5. The van der Waals surface area contributed by atoms with Gasteiger partial charge in [-0.1, -0.05) is 13.5 Å². The van der Waals surface area contributed by atoms with Gasteiger partial charge in [0.05, 0.1) is 22.6 Å². The van der Waals surface area contributed by atoms with Gasteiger partial charge in [0.1, 0.15) is 36.6 Å². The second-order valence-electron chi connectivity index (χ2n) is 12.6. The lowest BCUT2D eigenvalue weighted by Gasteiger charge is -2.61. The fourth-order valence-corrected chi connectivity index (χ4v) is 8.04. The molecule has 2 aliphatic heterocycles. The van der Waals surface area contributed by atoms with Crippen molar-refractivity contribution in [2.75, 3.05) is 0 Å². The van der Waals surface area contributed by atoms with Crippen LogP contribution in [0.25, 0.3) is 0 Å². The number of hydrogen-bond acceptors (Lipinski definition) is 14. The highest BCUT2D eigenvalue weighted by Crippen LogP contribution is 2.62. The molecule has 2 heterocycles. The van der Waals surface area contributed by atoms with Crippen LogP contribution in [0, 0.1) is 17.3 Å². The van der Waals surface area contributed by atoms with Gasteiger partial charge in [0.2, 0.25) is 0 Å². The molecule has 4 fully saturated rings. The smallest absolute Gasteiger partial charge is 0.312 e. The normalized spacial score (nSPS) is 43.7. The summed E-state index contributed by atoms with van der Waals surface area (Å²) < 4.78 is 40.8. The van der Waals surface area contributed by atoms with Crippen LogP contribution < -0.4 is 0 Å². The highest BCUT2D eigenvalue weighted by atomic mass is 35.5. The Kier molecular flexibility index (Phi) is 9.12. The van der Waals surface area contributed by atoms with Gasteiger partial charge >= 0.3 is 35.8 Å². The largest absolute Gasteiger partial charge is 0.462 e. The third-order valence-electron chi connectivity index (χ3n) is 9.54. The second kappa shape index (κ2) is 11.8. The Morgan fingerprint density at radius 1 is 0.867 bits per heavy atom. The Hall–Kier alpha value is -3.23. The highest BCUT2D eigenvalue weighted by molar-refractivity contribution is 6.23. The Morgan fingerprint density at radius 3 is 1.89 bits per heavy atom. The number of carbonyl (C=O) groups is 6. The lowest BCUT2D eigenvalue weighted by molar-refractivity contribution is -0.296. The first kappa shape index (κ1) is 34.6. The maximum Gasteiger partial charge on any atom is 0.312 e. The van der Waals surface area contributed by atoms with Crippen LogP contribution in [-0.2, 0) is 61.9 Å². The molecular weight excluding hydrogens is 620 g/mol. The number of alkyl halides is 1. The SMILES string of the molecule is C=C1[C@H]2O[C@H]2[C@H](OC(C)=O)[C@@]2(C)[C@@H](OC(C)=O)C[C@@H](OC(C)=O)[C@@](C)(OC(C)=O)[C@@H]2[C@H](OC(C)=O)[C@]2(O)[C@@H](C)C(=O)O[C@H]2[C@H]1Cl. The summed E-state index contributed by atoms with van der Waals surface area (Å²) in [5.74, 6) is -7.99. The van der Waals surface area contributed by atoms with Crippen LogP contribution in [-0.4, -0.2) is 100 Å². The fraction of sp³-hybridized carbons (Fsp3) is 0.733. The van der Waals surface area contributed by atoms with E-state index in [4.69, 9.17) is 44.8 Å². The Bertz CT molecular complexity index is 1320. The molecule has 0 amide bonds. The van der Waals surface area contributed by atoms with Gasteiger partial charge in [-0.3, -0.25) is 28.8 Å². The summed E-state index contributed by atoms with van der Waals surface area (Å²) in [7, 11) is 0. The molecule has 2 saturated heterocycles. The van der Waals surface area contributed by atoms with Crippen LogP contribution in [0.5, 0.6) is 0 Å². The van der Waals surface area contributed by atoms with Crippen molar-refractivity contribution >= 4 is 47.4 Å². The van der Waals surface area contributed by atoms with Gasteiger partial charge in [0, 0.05) is 41.0 Å².